The highest BCUT2D eigenvalue weighted by molar-refractivity contribution is 7.20. The molecule has 1 aromatic heterocycles. The number of hydrogen-bond donors (Lipinski definition) is 0. The smallest absolute Gasteiger partial charge is 0.150 e. The van der Waals surface area contributed by atoms with Gasteiger partial charge >= 0.3 is 0 Å². The Morgan fingerprint density at radius 3 is 2.92 bits per heavy atom. The molecule has 4 bridgehead atoms. The summed E-state index contributed by atoms with van der Waals surface area (Å²) in [6, 6.07) is 8.10. The molecule has 0 amide bonds. The number of carbonyl (C=O) groups is 1. The van der Waals surface area contributed by atoms with Crippen molar-refractivity contribution in [1.29, 1.82) is 0 Å². The summed E-state index contributed by atoms with van der Waals surface area (Å²) >= 11 is 1.77. The first-order valence-electron chi connectivity index (χ1n) is 8.72. The van der Waals surface area contributed by atoms with Gasteiger partial charge in [0.25, 0.3) is 0 Å². The Balaban J connectivity index is 1.65. The average molecular weight is 336 g/mol. The van der Waals surface area contributed by atoms with Crippen molar-refractivity contribution < 1.29 is 9.53 Å². The number of hydrogen-bond acceptors (Lipinski definition) is 3. The van der Waals surface area contributed by atoms with E-state index < -0.39 is 0 Å². The highest BCUT2D eigenvalue weighted by Crippen LogP contribution is 2.55. The lowest BCUT2D eigenvalue weighted by Crippen LogP contribution is -2.35. The van der Waals surface area contributed by atoms with E-state index in [2.05, 4.69) is 12.1 Å². The summed E-state index contributed by atoms with van der Waals surface area (Å²) in [4.78, 5) is 12.2. The third-order valence-corrected chi connectivity index (χ3v) is 7.02. The normalized spacial score (nSPS) is 29.7. The molecule has 4 aliphatic rings. The van der Waals surface area contributed by atoms with Crippen LogP contribution in [0.4, 0.5) is 0 Å². The van der Waals surface area contributed by atoms with Crippen LogP contribution < -0.4 is 0 Å². The van der Waals surface area contributed by atoms with Crippen molar-refractivity contribution in [3.8, 4) is 0 Å². The summed E-state index contributed by atoms with van der Waals surface area (Å²) in [6.45, 7) is 0. The number of aldehydes is 1. The fourth-order valence-electron chi connectivity index (χ4n) is 5.08. The van der Waals surface area contributed by atoms with Crippen LogP contribution in [0.1, 0.15) is 40.9 Å². The third-order valence-electron chi connectivity index (χ3n) is 5.91. The second kappa shape index (κ2) is 5.32. The van der Waals surface area contributed by atoms with Crippen LogP contribution in [0.15, 0.2) is 41.5 Å². The summed E-state index contributed by atoms with van der Waals surface area (Å²) in [5.41, 5.74) is 3.94. The van der Waals surface area contributed by atoms with Gasteiger partial charge in [-0.3, -0.25) is 4.79 Å². The molecular weight excluding hydrogens is 316 g/mol. The van der Waals surface area contributed by atoms with Gasteiger partial charge in [-0.25, -0.2) is 0 Å². The van der Waals surface area contributed by atoms with E-state index in [4.69, 9.17) is 4.74 Å². The molecule has 0 aliphatic heterocycles. The minimum atomic E-state index is 0.581. The van der Waals surface area contributed by atoms with Gasteiger partial charge in [-0.05, 0) is 66.7 Å². The summed E-state index contributed by atoms with van der Waals surface area (Å²) < 4.78 is 7.16. The first-order valence-corrected chi connectivity index (χ1v) is 9.53. The fraction of sp³-hybridized carbons (Fsp3) is 0.381. The zero-order chi connectivity index (χ0) is 16.3. The van der Waals surface area contributed by atoms with Gasteiger partial charge < -0.3 is 4.74 Å². The number of allylic oxidation sites excluding steroid dienone is 3. The average Bonchev–Trinajstić information content (AvgIpc) is 2.99. The molecule has 2 saturated carbocycles. The first kappa shape index (κ1) is 14.5. The first-order chi connectivity index (χ1) is 11.7. The predicted molar refractivity (Wildman–Crippen MR) is 98.2 cm³/mol. The van der Waals surface area contributed by atoms with Gasteiger partial charge in [0.05, 0.1) is 12.0 Å². The van der Waals surface area contributed by atoms with Crippen LogP contribution in [-0.2, 0) is 4.74 Å². The minimum absolute atomic E-state index is 0.581. The molecule has 3 atom stereocenters. The maximum absolute atomic E-state index is 11.0. The van der Waals surface area contributed by atoms with E-state index in [0.29, 0.717) is 11.8 Å². The number of carbonyl (C=O) groups excluding carboxylic acids is 1. The monoisotopic (exact) mass is 336 g/mol. The van der Waals surface area contributed by atoms with E-state index >= 15 is 0 Å². The van der Waals surface area contributed by atoms with Crippen molar-refractivity contribution >= 4 is 33.5 Å². The summed E-state index contributed by atoms with van der Waals surface area (Å²) in [5, 5.41) is 1.14. The Morgan fingerprint density at radius 2 is 2.17 bits per heavy atom. The van der Waals surface area contributed by atoms with Crippen LogP contribution in [0.2, 0.25) is 0 Å². The molecule has 1 aromatic carbocycles. The molecule has 4 aliphatic carbocycles. The molecule has 0 N–H and O–H groups in total. The van der Waals surface area contributed by atoms with Crippen molar-refractivity contribution in [3.63, 3.8) is 0 Å². The van der Waals surface area contributed by atoms with Crippen molar-refractivity contribution in [2.45, 2.75) is 25.7 Å². The van der Waals surface area contributed by atoms with Crippen molar-refractivity contribution in [3.05, 3.63) is 51.9 Å². The lowest BCUT2D eigenvalue weighted by Gasteiger charge is -2.46. The van der Waals surface area contributed by atoms with E-state index in [9.17, 15) is 4.79 Å². The van der Waals surface area contributed by atoms with E-state index in [1.807, 2.05) is 25.3 Å². The van der Waals surface area contributed by atoms with Crippen molar-refractivity contribution in [2.75, 3.05) is 7.11 Å². The minimum Gasteiger partial charge on any atom is -0.495 e. The van der Waals surface area contributed by atoms with Gasteiger partial charge in [-0.2, -0.15) is 0 Å². The van der Waals surface area contributed by atoms with Crippen molar-refractivity contribution in [2.24, 2.45) is 17.8 Å². The maximum atomic E-state index is 11.0. The lowest BCUT2D eigenvalue weighted by molar-refractivity contribution is 0.112. The van der Waals surface area contributed by atoms with Gasteiger partial charge in [0.2, 0.25) is 0 Å². The molecule has 122 valence electrons. The second-order valence-corrected chi connectivity index (χ2v) is 8.47. The fourth-order valence-corrected chi connectivity index (χ4v) is 6.17. The number of methoxy groups -OCH3 is 1. The molecule has 2 nitrogen and oxygen atoms in total. The molecule has 3 heteroatoms. The molecule has 2 aromatic rings. The highest BCUT2D eigenvalue weighted by Gasteiger charge is 2.42. The van der Waals surface area contributed by atoms with E-state index in [1.54, 1.807) is 16.9 Å². The Bertz CT molecular complexity index is 902. The molecule has 0 saturated heterocycles. The van der Waals surface area contributed by atoms with Crippen LogP contribution >= 0.6 is 11.3 Å². The topological polar surface area (TPSA) is 26.3 Å². The van der Waals surface area contributed by atoms with Gasteiger partial charge in [-0.1, -0.05) is 17.7 Å². The van der Waals surface area contributed by atoms with Crippen LogP contribution in [0, 0.1) is 17.8 Å². The summed E-state index contributed by atoms with van der Waals surface area (Å²) in [7, 11) is 1.81. The lowest BCUT2D eigenvalue weighted by atomic mass is 9.58. The van der Waals surface area contributed by atoms with Crippen LogP contribution in [0.3, 0.4) is 0 Å². The van der Waals surface area contributed by atoms with Crippen LogP contribution in [-0.4, -0.2) is 13.4 Å². The Labute approximate surface area is 145 Å². The largest absolute Gasteiger partial charge is 0.495 e. The number of benzene rings is 1. The Kier molecular flexibility index (Phi) is 3.21. The maximum Gasteiger partial charge on any atom is 0.150 e. The zero-order valence-electron chi connectivity index (χ0n) is 13.7. The SMILES string of the molecule is COC(=C1C2C=C3CC(C2)CC1C3)c1cc2cc(C=O)ccc2s1. The third kappa shape index (κ3) is 2.11. The zero-order valence-corrected chi connectivity index (χ0v) is 14.6. The van der Waals surface area contributed by atoms with E-state index in [-0.39, 0.29) is 0 Å². The van der Waals surface area contributed by atoms with Crippen molar-refractivity contribution in [1.82, 2.24) is 0 Å². The number of ether oxygens (including phenoxy) is 1. The molecule has 1 heterocycles. The number of rotatable bonds is 3. The van der Waals surface area contributed by atoms with Gasteiger partial charge in [0.1, 0.15) is 12.0 Å². The standard InChI is InChI=1S/C21H20O2S/c1-23-21(19-10-15-5-12(11-22)2-3-18(15)24-19)20-16-6-13-4-14(8-16)9-17(20)7-13/h2-3,5-6,10-11,14,16-17H,4,7-9H2,1H3. The Morgan fingerprint density at radius 1 is 1.25 bits per heavy atom. The Hall–Kier alpha value is -1.87. The van der Waals surface area contributed by atoms with Gasteiger partial charge in [0.15, 0.2) is 0 Å². The van der Waals surface area contributed by atoms with Crippen LogP contribution in [0.5, 0.6) is 0 Å². The van der Waals surface area contributed by atoms with Crippen LogP contribution in [0.25, 0.3) is 15.8 Å². The van der Waals surface area contributed by atoms with Gasteiger partial charge in [-0.15, -0.1) is 11.3 Å². The molecular formula is C21H20O2S. The number of thiophene rings is 1. The van der Waals surface area contributed by atoms with E-state index in [1.165, 1.54) is 40.8 Å². The summed E-state index contributed by atoms with van der Waals surface area (Å²) in [6.07, 6.45) is 8.61. The second-order valence-electron chi connectivity index (χ2n) is 7.39. The quantitative estimate of drug-likeness (QED) is 0.423. The molecule has 0 radical (unpaired) electrons. The summed E-state index contributed by atoms with van der Waals surface area (Å²) in [5.74, 6) is 3.24. The molecule has 3 unspecified atom stereocenters. The molecule has 6 rings (SSSR count). The predicted octanol–water partition coefficient (Wildman–Crippen LogP) is 5.45. The highest BCUT2D eigenvalue weighted by atomic mass is 32.1. The number of fused-ring (bicyclic) bond motifs is 1. The van der Waals surface area contributed by atoms with E-state index in [0.717, 1.165) is 28.9 Å². The molecule has 24 heavy (non-hydrogen) atoms. The van der Waals surface area contributed by atoms with Gasteiger partial charge in [0, 0.05) is 16.2 Å². The molecule has 0 spiro atoms. The molecule has 2 fully saturated rings.